The van der Waals surface area contributed by atoms with Gasteiger partial charge >= 0.3 is 0 Å². The summed E-state index contributed by atoms with van der Waals surface area (Å²) in [4.78, 5) is 0. The van der Waals surface area contributed by atoms with Crippen molar-refractivity contribution in [1.29, 1.82) is 0 Å². The smallest absolute Gasteiger partial charge is 0.00999 e. The molecule has 0 bridgehead atoms. The second-order valence-electron chi connectivity index (χ2n) is 4.01. The van der Waals surface area contributed by atoms with Gasteiger partial charge in [0.2, 0.25) is 0 Å². The van der Waals surface area contributed by atoms with Crippen LogP contribution in [0.3, 0.4) is 0 Å². The van der Waals surface area contributed by atoms with Gasteiger partial charge in [-0.15, -0.1) is 5.73 Å². The van der Waals surface area contributed by atoms with Crippen LogP contribution in [-0.2, 0) is 0 Å². The Morgan fingerprint density at radius 3 is 2.00 bits per heavy atom. The number of hydrogen-bond donors (Lipinski definition) is 0. The summed E-state index contributed by atoms with van der Waals surface area (Å²) in [6.07, 6.45) is 1.93. The lowest BCUT2D eigenvalue weighted by molar-refractivity contribution is 0.505. The molecule has 0 atom stereocenters. The average molecular weight is 150 g/mol. The molecule has 0 nitrogen and oxygen atoms in total. The van der Waals surface area contributed by atoms with E-state index in [4.69, 9.17) is 0 Å². The molecular formula is C11H18. The van der Waals surface area contributed by atoms with E-state index >= 15 is 0 Å². The molecule has 0 aliphatic heterocycles. The van der Waals surface area contributed by atoms with Gasteiger partial charge in [0.25, 0.3) is 0 Å². The maximum absolute atomic E-state index is 3.78. The molecule has 0 aromatic rings. The first kappa shape index (κ1) is 10.3. The van der Waals surface area contributed by atoms with Crippen LogP contribution in [0.25, 0.3) is 0 Å². The molecule has 62 valence electrons. The first-order chi connectivity index (χ1) is 4.84. The van der Waals surface area contributed by atoms with Crippen molar-refractivity contribution in [2.75, 3.05) is 0 Å². The zero-order valence-electron chi connectivity index (χ0n) is 8.28. The molecule has 0 heterocycles. The highest BCUT2D eigenvalue weighted by Crippen LogP contribution is 2.22. The normalized spacial score (nSPS) is 10.3. The SMILES string of the molecule is C=C(C)C=C=C(C)C(C)(C)C. The summed E-state index contributed by atoms with van der Waals surface area (Å²) in [7, 11) is 0. The van der Waals surface area contributed by atoms with Crippen molar-refractivity contribution >= 4 is 0 Å². The van der Waals surface area contributed by atoms with E-state index in [0.717, 1.165) is 5.57 Å². The molecule has 0 rings (SSSR count). The highest BCUT2D eigenvalue weighted by atomic mass is 14.1. The summed E-state index contributed by atoms with van der Waals surface area (Å²) in [6.45, 7) is 14.4. The Bertz CT molecular complexity index is 205. The topological polar surface area (TPSA) is 0 Å². The van der Waals surface area contributed by atoms with Gasteiger partial charge in [-0.3, -0.25) is 0 Å². The summed E-state index contributed by atoms with van der Waals surface area (Å²) in [5, 5.41) is 0. The van der Waals surface area contributed by atoms with E-state index in [2.05, 4.69) is 40.0 Å². The molecule has 0 fully saturated rings. The molecule has 0 radical (unpaired) electrons. The van der Waals surface area contributed by atoms with Gasteiger partial charge in [0.1, 0.15) is 0 Å². The maximum Gasteiger partial charge on any atom is -0.00999 e. The molecule has 0 saturated heterocycles. The molecule has 0 saturated carbocycles. The molecule has 0 amide bonds. The fraction of sp³-hybridized carbons (Fsp3) is 0.545. The Balaban J connectivity index is 4.60. The van der Waals surface area contributed by atoms with Crippen LogP contribution in [0, 0.1) is 5.41 Å². The zero-order valence-corrected chi connectivity index (χ0v) is 8.28. The van der Waals surface area contributed by atoms with Gasteiger partial charge < -0.3 is 0 Å². The fourth-order valence-electron chi connectivity index (χ4n) is 0.448. The lowest BCUT2D eigenvalue weighted by Crippen LogP contribution is -2.04. The molecule has 0 heteroatoms. The quantitative estimate of drug-likeness (QED) is 0.395. The van der Waals surface area contributed by atoms with Crippen molar-refractivity contribution in [2.24, 2.45) is 5.41 Å². The summed E-state index contributed by atoms with van der Waals surface area (Å²) in [6, 6.07) is 0. The van der Waals surface area contributed by atoms with Crippen LogP contribution in [0.1, 0.15) is 34.6 Å². The Hall–Kier alpha value is -0.740. The minimum atomic E-state index is 0.228. The second-order valence-corrected chi connectivity index (χ2v) is 4.01. The van der Waals surface area contributed by atoms with Crippen LogP contribution in [0.15, 0.2) is 29.5 Å². The summed E-state index contributed by atoms with van der Waals surface area (Å²) >= 11 is 0. The lowest BCUT2D eigenvalue weighted by atomic mass is 9.88. The second kappa shape index (κ2) is 3.59. The van der Waals surface area contributed by atoms with Gasteiger partial charge in [-0.2, -0.15) is 0 Å². The molecule has 0 spiro atoms. The summed E-state index contributed by atoms with van der Waals surface area (Å²) in [5.41, 5.74) is 5.76. The largest absolute Gasteiger partial charge is 0.121 e. The van der Waals surface area contributed by atoms with Crippen LogP contribution in [-0.4, -0.2) is 0 Å². The highest BCUT2D eigenvalue weighted by Gasteiger charge is 2.10. The van der Waals surface area contributed by atoms with Gasteiger partial charge in [0, 0.05) is 0 Å². The predicted octanol–water partition coefficient (Wildman–Crippen LogP) is 3.71. The lowest BCUT2D eigenvalue weighted by Gasteiger charge is -2.16. The van der Waals surface area contributed by atoms with E-state index in [1.54, 1.807) is 0 Å². The van der Waals surface area contributed by atoms with E-state index in [9.17, 15) is 0 Å². The predicted molar refractivity (Wildman–Crippen MR) is 51.5 cm³/mol. The van der Waals surface area contributed by atoms with Gasteiger partial charge in [-0.25, -0.2) is 0 Å². The van der Waals surface area contributed by atoms with E-state index < -0.39 is 0 Å². The van der Waals surface area contributed by atoms with Crippen molar-refractivity contribution < 1.29 is 0 Å². The van der Waals surface area contributed by atoms with E-state index in [1.165, 1.54) is 5.57 Å². The highest BCUT2D eigenvalue weighted by molar-refractivity contribution is 5.16. The third-order valence-corrected chi connectivity index (χ3v) is 1.66. The molecule has 0 unspecified atom stereocenters. The molecule has 0 aliphatic carbocycles. The van der Waals surface area contributed by atoms with Crippen LogP contribution in [0.5, 0.6) is 0 Å². The Labute approximate surface area is 70.3 Å². The minimum absolute atomic E-state index is 0.228. The van der Waals surface area contributed by atoms with Crippen LogP contribution in [0.2, 0.25) is 0 Å². The maximum atomic E-state index is 3.78. The van der Waals surface area contributed by atoms with Crippen LogP contribution >= 0.6 is 0 Å². The van der Waals surface area contributed by atoms with Crippen LogP contribution in [0.4, 0.5) is 0 Å². The third kappa shape index (κ3) is 4.64. The van der Waals surface area contributed by atoms with Gasteiger partial charge in [0.15, 0.2) is 0 Å². The van der Waals surface area contributed by atoms with Crippen molar-refractivity contribution in [3.05, 3.63) is 29.5 Å². The molecule has 0 aromatic carbocycles. The number of rotatable bonds is 1. The minimum Gasteiger partial charge on any atom is -0.121 e. The Morgan fingerprint density at radius 2 is 1.73 bits per heavy atom. The van der Waals surface area contributed by atoms with Gasteiger partial charge in [-0.05, 0) is 30.9 Å². The van der Waals surface area contributed by atoms with Crippen LogP contribution < -0.4 is 0 Å². The van der Waals surface area contributed by atoms with Crippen molar-refractivity contribution in [3.63, 3.8) is 0 Å². The first-order valence-corrected chi connectivity index (χ1v) is 3.93. The van der Waals surface area contributed by atoms with E-state index in [-0.39, 0.29) is 5.41 Å². The number of hydrogen-bond acceptors (Lipinski definition) is 0. The van der Waals surface area contributed by atoms with E-state index in [0.29, 0.717) is 0 Å². The molecule has 0 N–H and O–H groups in total. The molecule has 0 aliphatic rings. The van der Waals surface area contributed by atoms with Gasteiger partial charge in [-0.1, -0.05) is 32.9 Å². The molecule has 0 aromatic heterocycles. The van der Waals surface area contributed by atoms with Crippen molar-refractivity contribution in [2.45, 2.75) is 34.6 Å². The zero-order chi connectivity index (χ0) is 9.07. The van der Waals surface area contributed by atoms with Gasteiger partial charge in [0.05, 0.1) is 0 Å². The molecular weight excluding hydrogens is 132 g/mol. The standard InChI is InChI=1S/C11H18/c1-9(2)7-8-10(3)11(4,5)6/h7H,1H2,2-6H3. The summed E-state index contributed by atoms with van der Waals surface area (Å²) in [5.74, 6) is 0. The summed E-state index contributed by atoms with van der Waals surface area (Å²) < 4.78 is 0. The Kier molecular flexibility index (Phi) is 3.35. The average Bonchev–Trinajstić information content (AvgIpc) is 1.80. The monoisotopic (exact) mass is 150 g/mol. The number of allylic oxidation sites excluding steroid dienone is 2. The van der Waals surface area contributed by atoms with Crippen molar-refractivity contribution in [3.8, 4) is 0 Å². The molecule has 11 heavy (non-hydrogen) atoms. The first-order valence-electron chi connectivity index (χ1n) is 3.93. The fourth-order valence-corrected chi connectivity index (χ4v) is 0.448. The third-order valence-electron chi connectivity index (χ3n) is 1.66. The Morgan fingerprint density at radius 1 is 1.27 bits per heavy atom. The van der Waals surface area contributed by atoms with E-state index in [1.807, 2.05) is 13.0 Å². The van der Waals surface area contributed by atoms with Crippen molar-refractivity contribution in [1.82, 2.24) is 0 Å².